The van der Waals surface area contributed by atoms with Gasteiger partial charge in [-0.2, -0.15) is 0 Å². The lowest BCUT2D eigenvalue weighted by molar-refractivity contribution is 0.0950. The molecule has 0 radical (unpaired) electrons. The van der Waals surface area contributed by atoms with Gasteiger partial charge in [0.25, 0.3) is 11.8 Å². The van der Waals surface area contributed by atoms with Crippen molar-refractivity contribution >= 4 is 23.2 Å². The molecule has 0 saturated carbocycles. The van der Waals surface area contributed by atoms with Gasteiger partial charge >= 0.3 is 0 Å². The average Bonchev–Trinajstić information content (AvgIpc) is 2.84. The molecule has 0 spiro atoms. The number of hydrogen-bond donors (Lipinski definition) is 2. The number of piperidine rings is 1. The quantitative estimate of drug-likeness (QED) is 0.578. The van der Waals surface area contributed by atoms with Crippen LogP contribution in [0.25, 0.3) is 0 Å². The van der Waals surface area contributed by atoms with Gasteiger partial charge in [-0.25, -0.2) is 4.39 Å². The van der Waals surface area contributed by atoms with E-state index in [0.29, 0.717) is 23.4 Å². The molecule has 0 unspecified atom stereocenters. The highest BCUT2D eigenvalue weighted by Crippen LogP contribution is 2.27. The summed E-state index contributed by atoms with van der Waals surface area (Å²) in [7, 11) is 0. The van der Waals surface area contributed by atoms with Crippen molar-refractivity contribution in [3.05, 3.63) is 95.3 Å². The number of carbonyl (C=O) groups is 2. The Balaban J connectivity index is 1.56. The Labute approximate surface area is 187 Å². The Morgan fingerprint density at radius 3 is 2.28 bits per heavy atom. The number of rotatable bonds is 6. The average molecular weight is 432 g/mol. The first kappa shape index (κ1) is 21.6. The minimum Gasteiger partial charge on any atom is -0.371 e. The first-order chi connectivity index (χ1) is 15.6. The fourth-order valence-electron chi connectivity index (χ4n) is 3.88. The number of nitrogens with zero attached hydrogens (tertiary/aromatic N) is 1. The normalized spacial score (nSPS) is 13.5. The second-order valence-electron chi connectivity index (χ2n) is 7.91. The summed E-state index contributed by atoms with van der Waals surface area (Å²) in [6, 6.07) is 20.5. The van der Waals surface area contributed by atoms with Crippen LogP contribution < -0.4 is 15.5 Å². The van der Waals surface area contributed by atoms with Crippen LogP contribution in [0.2, 0.25) is 0 Å². The summed E-state index contributed by atoms with van der Waals surface area (Å²) in [4.78, 5) is 27.9. The van der Waals surface area contributed by atoms with Crippen molar-refractivity contribution < 1.29 is 14.0 Å². The molecule has 1 heterocycles. The lowest BCUT2D eigenvalue weighted by atomic mass is 10.1. The van der Waals surface area contributed by atoms with Crippen molar-refractivity contribution in [1.29, 1.82) is 0 Å². The van der Waals surface area contributed by atoms with E-state index >= 15 is 0 Å². The standard InChI is InChI=1S/C26H26FN3O2/c27-21-11-9-20(10-12-21)25(31)29-22-13-14-24(30-15-5-2-6-16-30)23(17-22)26(32)28-18-19-7-3-1-4-8-19/h1,3-4,7-14,17H,2,5-6,15-16,18H2,(H,28,32)(H,29,31). The van der Waals surface area contributed by atoms with Gasteiger partial charge in [0.15, 0.2) is 0 Å². The Morgan fingerprint density at radius 1 is 0.844 bits per heavy atom. The van der Waals surface area contributed by atoms with Gasteiger partial charge in [0.1, 0.15) is 5.82 Å². The van der Waals surface area contributed by atoms with Gasteiger partial charge in [0.2, 0.25) is 0 Å². The van der Waals surface area contributed by atoms with Gasteiger partial charge in [0, 0.05) is 36.6 Å². The minimum absolute atomic E-state index is 0.188. The summed E-state index contributed by atoms with van der Waals surface area (Å²) in [5.41, 5.74) is 3.28. The van der Waals surface area contributed by atoms with Crippen LogP contribution in [0.1, 0.15) is 45.5 Å². The van der Waals surface area contributed by atoms with E-state index in [1.807, 2.05) is 36.4 Å². The van der Waals surface area contributed by atoms with E-state index in [1.165, 1.54) is 30.7 Å². The summed E-state index contributed by atoms with van der Waals surface area (Å²) in [5.74, 6) is -0.941. The molecular formula is C26H26FN3O2. The summed E-state index contributed by atoms with van der Waals surface area (Å²) < 4.78 is 13.2. The molecule has 5 nitrogen and oxygen atoms in total. The molecule has 2 N–H and O–H groups in total. The van der Waals surface area contributed by atoms with Crippen molar-refractivity contribution in [3.63, 3.8) is 0 Å². The number of halogens is 1. The van der Waals surface area contributed by atoms with Gasteiger partial charge < -0.3 is 15.5 Å². The number of amides is 2. The third kappa shape index (κ3) is 5.32. The number of carbonyl (C=O) groups excluding carboxylic acids is 2. The third-order valence-corrected chi connectivity index (χ3v) is 5.60. The number of benzene rings is 3. The fourth-order valence-corrected chi connectivity index (χ4v) is 3.88. The van der Waals surface area contributed by atoms with E-state index in [9.17, 15) is 14.0 Å². The molecule has 4 rings (SSSR count). The largest absolute Gasteiger partial charge is 0.371 e. The Hall–Kier alpha value is -3.67. The van der Waals surface area contributed by atoms with Gasteiger partial charge in [-0.15, -0.1) is 0 Å². The minimum atomic E-state index is -0.398. The molecule has 0 bridgehead atoms. The van der Waals surface area contributed by atoms with E-state index in [-0.39, 0.29) is 11.8 Å². The highest BCUT2D eigenvalue weighted by atomic mass is 19.1. The highest BCUT2D eigenvalue weighted by molar-refractivity contribution is 6.06. The van der Waals surface area contributed by atoms with Crippen molar-refractivity contribution in [1.82, 2.24) is 5.32 Å². The van der Waals surface area contributed by atoms with Crippen molar-refractivity contribution in [2.75, 3.05) is 23.3 Å². The smallest absolute Gasteiger partial charge is 0.255 e. The summed E-state index contributed by atoms with van der Waals surface area (Å²) in [5, 5.41) is 5.81. The summed E-state index contributed by atoms with van der Waals surface area (Å²) >= 11 is 0. The van der Waals surface area contributed by atoms with Gasteiger partial charge in [-0.05, 0) is 67.3 Å². The van der Waals surface area contributed by atoms with E-state index in [4.69, 9.17) is 0 Å². The second kappa shape index (κ2) is 10.1. The molecule has 6 heteroatoms. The van der Waals surface area contributed by atoms with Crippen LogP contribution in [0.4, 0.5) is 15.8 Å². The SMILES string of the molecule is O=C(Nc1ccc(N2CCCCC2)c(C(=O)NCc2ccccc2)c1)c1ccc(F)cc1. The van der Waals surface area contributed by atoms with Crippen molar-refractivity contribution in [2.24, 2.45) is 0 Å². The number of hydrogen-bond acceptors (Lipinski definition) is 3. The lowest BCUT2D eigenvalue weighted by Crippen LogP contribution is -2.32. The van der Waals surface area contributed by atoms with Crippen molar-refractivity contribution in [3.8, 4) is 0 Å². The zero-order valence-corrected chi connectivity index (χ0v) is 17.8. The molecule has 32 heavy (non-hydrogen) atoms. The van der Waals surface area contributed by atoms with E-state index in [0.717, 1.165) is 37.2 Å². The first-order valence-corrected chi connectivity index (χ1v) is 10.9. The van der Waals surface area contributed by atoms with Crippen LogP contribution >= 0.6 is 0 Å². The molecule has 1 fully saturated rings. The Kier molecular flexibility index (Phi) is 6.80. The molecule has 0 atom stereocenters. The molecule has 164 valence electrons. The fraction of sp³-hybridized carbons (Fsp3) is 0.231. The maximum absolute atomic E-state index is 13.2. The molecule has 1 aliphatic heterocycles. The Bertz CT molecular complexity index is 1080. The maximum atomic E-state index is 13.2. The lowest BCUT2D eigenvalue weighted by Gasteiger charge is -2.30. The summed E-state index contributed by atoms with van der Waals surface area (Å²) in [6.45, 7) is 2.23. The highest BCUT2D eigenvalue weighted by Gasteiger charge is 2.20. The molecule has 0 aliphatic carbocycles. The van der Waals surface area contributed by atoms with Crippen LogP contribution in [-0.2, 0) is 6.54 Å². The van der Waals surface area contributed by atoms with Crippen molar-refractivity contribution in [2.45, 2.75) is 25.8 Å². The molecule has 3 aromatic carbocycles. The van der Waals surface area contributed by atoms with Crippen LogP contribution in [0.3, 0.4) is 0 Å². The van der Waals surface area contributed by atoms with E-state index in [2.05, 4.69) is 15.5 Å². The van der Waals surface area contributed by atoms with Crippen LogP contribution in [0.15, 0.2) is 72.8 Å². The first-order valence-electron chi connectivity index (χ1n) is 10.9. The van der Waals surface area contributed by atoms with Gasteiger partial charge in [-0.3, -0.25) is 9.59 Å². The van der Waals surface area contributed by atoms with Crippen LogP contribution in [0, 0.1) is 5.82 Å². The molecule has 2 amide bonds. The summed E-state index contributed by atoms with van der Waals surface area (Å²) in [6.07, 6.45) is 3.38. The number of nitrogens with one attached hydrogen (secondary N) is 2. The number of anilines is 2. The van der Waals surface area contributed by atoms with E-state index < -0.39 is 5.82 Å². The molecule has 1 aliphatic rings. The third-order valence-electron chi connectivity index (χ3n) is 5.60. The molecular weight excluding hydrogens is 405 g/mol. The van der Waals surface area contributed by atoms with Gasteiger partial charge in [-0.1, -0.05) is 30.3 Å². The predicted molar refractivity (Wildman–Crippen MR) is 124 cm³/mol. The zero-order valence-electron chi connectivity index (χ0n) is 17.8. The monoisotopic (exact) mass is 431 g/mol. The van der Waals surface area contributed by atoms with E-state index in [1.54, 1.807) is 12.1 Å². The second-order valence-corrected chi connectivity index (χ2v) is 7.91. The van der Waals surface area contributed by atoms with Crippen LogP contribution in [0.5, 0.6) is 0 Å². The van der Waals surface area contributed by atoms with Gasteiger partial charge in [0.05, 0.1) is 5.56 Å². The topological polar surface area (TPSA) is 61.4 Å². The van der Waals surface area contributed by atoms with Crippen LogP contribution in [-0.4, -0.2) is 24.9 Å². The predicted octanol–water partition coefficient (Wildman–Crippen LogP) is 5.00. The Morgan fingerprint density at radius 2 is 1.56 bits per heavy atom. The molecule has 0 aromatic heterocycles. The maximum Gasteiger partial charge on any atom is 0.255 e. The molecule has 1 saturated heterocycles. The molecule has 3 aromatic rings. The zero-order chi connectivity index (χ0) is 22.3.